The van der Waals surface area contributed by atoms with Crippen molar-refractivity contribution in [2.75, 3.05) is 26.0 Å². The maximum atomic E-state index is 12.1. The Balaban J connectivity index is 1.75. The normalized spacial score (nSPS) is 14.9. The molecule has 2 N–H and O–H groups in total. The molecule has 2 aromatic rings. The first-order valence-corrected chi connectivity index (χ1v) is 9.36. The van der Waals surface area contributed by atoms with Crippen LogP contribution in [0.15, 0.2) is 35.7 Å². The lowest BCUT2D eigenvalue weighted by Gasteiger charge is -2.24. The highest BCUT2D eigenvalue weighted by Crippen LogP contribution is 2.29. The van der Waals surface area contributed by atoms with Crippen LogP contribution in [0.5, 0.6) is 0 Å². The van der Waals surface area contributed by atoms with Crippen molar-refractivity contribution in [2.45, 2.75) is 24.9 Å². The number of carbonyl (C=O) groups is 1. The van der Waals surface area contributed by atoms with E-state index in [0.717, 1.165) is 12.8 Å². The van der Waals surface area contributed by atoms with Gasteiger partial charge in [0.1, 0.15) is 5.69 Å². The van der Waals surface area contributed by atoms with Gasteiger partial charge in [0.05, 0.1) is 11.0 Å². The van der Waals surface area contributed by atoms with Crippen LogP contribution in [0.1, 0.15) is 34.1 Å². The molecule has 1 amide bonds. The van der Waals surface area contributed by atoms with Crippen molar-refractivity contribution in [2.24, 2.45) is 0 Å². The first-order valence-electron chi connectivity index (χ1n) is 8.48. The van der Waals surface area contributed by atoms with Crippen molar-refractivity contribution in [3.8, 4) is 0 Å². The minimum atomic E-state index is -0.452. The summed E-state index contributed by atoms with van der Waals surface area (Å²) in [6, 6.07) is 8.95. The Hall–Kier alpha value is -2.45. The SMILES string of the molecule is CN(C)[C@@H](CNc1ccc(C(=O)NC2CC2)cc1[N+](=O)[O-])c1cccs1. The second-order valence-corrected chi connectivity index (χ2v) is 7.59. The number of amides is 1. The number of benzene rings is 1. The Morgan fingerprint density at radius 2 is 2.15 bits per heavy atom. The average molecular weight is 374 g/mol. The molecule has 138 valence electrons. The van der Waals surface area contributed by atoms with Gasteiger partial charge in [-0.2, -0.15) is 0 Å². The van der Waals surface area contributed by atoms with E-state index in [9.17, 15) is 14.9 Å². The van der Waals surface area contributed by atoms with Crippen molar-refractivity contribution in [3.63, 3.8) is 0 Å². The van der Waals surface area contributed by atoms with E-state index in [1.165, 1.54) is 10.9 Å². The molecule has 3 rings (SSSR count). The Kier molecular flexibility index (Phi) is 5.53. The fraction of sp³-hybridized carbons (Fsp3) is 0.389. The number of hydrogen-bond donors (Lipinski definition) is 2. The summed E-state index contributed by atoms with van der Waals surface area (Å²) in [5.74, 6) is -0.257. The Labute approximate surface area is 156 Å². The fourth-order valence-corrected chi connectivity index (χ4v) is 3.62. The molecule has 0 spiro atoms. The lowest BCUT2D eigenvalue weighted by atomic mass is 10.1. The molecule has 7 nitrogen and oxygen atoms in total. The molecule has 26 heavy (non-hydrogen) atoms. The largest absolute Gasteiger partial charge is 0.378 e. The van der Waals surface area contributed by atoms with Crippen LogP contribution in [0.4, 0.5) is 11.4 Å². The third-order valence-electron chi connectivity index (χ3n) is 4.35. The van der Waals surface area contributed by atoms with E-state index in [2.05, 4.69) is 21.6 Å². The predicted molar refractivity (Wildman–Crippen MR) is 103 cm³/mol. The lowest BCUT2D eigenvalue weighted by molar-refractivity contribution is -0.384. The highest BCUT2D eigenvalue weighted by Gasteiger charge is 2.25. The van der Waals surface area contributed by atoms with E-state index < -0.39 is 4.92 Å². The number of nitrogens with one attached hydrogen (secondary N) is 2. The van der Waals surface area contributed by atoms with Crippen LogP contribution in [-0.2, 0) is 0 Å². The van der Waals surface area contributed by atoms with Crippen LogP contribution < -0.4 is 10.6 Å². The van der Waals surface area contributed by atoms with Gasteiger partial charge >= 0.3 is 0 Å². The number of nitrogens with zero attached hydrogens (tertiary/aromatic N) is 2. The number of nitro benzene ring substituents is 1. The van der Waals surface area contributed by atoms with Gasteiger partial charge in [0, 0.05) is 29.1 Å². The molecule has 0 saturated heterocycles. The third-order valence-corrected chi connectivity index (χ3v) is 5.32. The van der Waals surface area contributed by atoms with E-state index in [0.29, 0.717) is 17.8 Å². The third kappa shape index (κ3) is 4.39. The Bertz CT molecular complexity index is 788. The van der Waals surface area contributed by atoms with Crippen molar-refractivity contribution in [1.29, 1.82) is 0 Å². The number of anilines is 1. The molecule has 1 aliphatic carbocycles. The number of thiophene rings is 1. The maximum absolute atomic E-state index is 12.1. The van der Waals surface area contributed by atoms with Gasteiger partial charge in [-0.05, 0) is 50.5 Å². The maximum Gasteiger partial charge on any atom is 0.293 e. The van der Waals surface area contributed by atoms with Gasteiger partial charge in [0.2, 0.25) is 0 Å². The average Bonchev–Trinajstić information content (AvgIpc) is 3.25. The van der Waals surface area contributed by atoms with E-state index in [-0.39, 0.29) is 23.7 Å². The highest BCUT2D eigenvalue weighted by molar-refractivity contribution is 7.10. The number of rotatable bonds is 8. The summed E-state index contributed by atoms with van der Waals surface area (Å²) in [6.07, 6.45) is 1.95. The molecular formula is C18H22N4O3S. The van der Waals surface area contributed by atoms with Crippen molar-refractivity contribution >= 4 is 28.6 Å². The summed E-state index contributed by atoms with van der Waals surface area (Å²) in [5, 5.41) is 19.5. The predicted octanol–water partition coefficient (Wildman–Crippen LogP) is 3.26. The van der Waals surface area contributed by atoms with Crippen LogP contribution in [0.3, 0.4) is 0 Å². The highest BCUT2D eigenvalue weighted by atomic mass is 32.1. The van der Waals surface area contributed by atoms with Crippen molar-refractivity contribution in [3.05, 3.63) is 56.3 Å². The molecule has 1 fully saturated rings. The Morgan fingerprint density at radius 1 is 1.38 bits per heavy atom. The summed E-state index contributed by atoms with van der Waals surface area (Å²) < 4.78 is 0. The van der Waals surface area contributed by atoms with Gasteiger partial charge in [-0.25, -0.2) is 0 Å². The second kappa shape index (κ2) is 7.84. The molecule has 0 unspecified atom stereocenters. The van der Waals surface area contributed by atoms with Crippen LogP contribution in [-0.4, -0.2) is 42.4 Å². The summed E-state index contributed by atoms with van der Waals surface area (Å²) >= 11 is 1.65. The molecule has 1 heterocycles. The van der Waals surface area contributed by atoms with E-state index in [4.69, 9.17) is 0 Å². The topological polar surface area (TPSA) is 87.5 Å². The smallest absolute Gasteiger partial charge is 0.293 e. The first-order chi connectivity index (χ1) is 12.5. The monoisotopic (exact) mass is 374 g/mol. The number of carbonyl (C=O) groups excluding carboxylic acids is 1. The Morgan fingerprint density at radius 3 is 2.73 bits per heavy atom. The van der Waals surface area contributed by atoms with E-state index >= 15 is 0 Å². The fourth-order valence-electron chi connectivity index (χ4n) is 2.69. The molecule has 0 aliphatic heterocycles. The van der Waals surface area contributed by atoms with E-state index in [1.54, 1.807) is 23.5 Å². The van der Waals surface area contributed by atoms with Crippen LogP contribution in [0.25, 0.3) is 0 Å². The zero-order valence-electron chi connectivity index (χ0n) is 14.8. The molecular weight excluding hydrogens is 352 g/mol. The first kappa shape index (κ1) is 18.3. The lowest BCUT2D eigenvalue weighted by Crippen LogP contribution is -2.27. The molecule has 1 aliphatic rings. The molecule has 1 saturated carbocycles. The molecule has 8 heteroatoms. The summed E-state index contributed by atoms with van der Waals surface area (Å²) in [7, 11) is 3.96. The summed E-state index contributed by atoms with van der Waals surface area (Å²) in [6.45, 7) is 0.530. The number of likely N-dealkylation sites (N-methyl/N-ethyl adjacent to an activating group) is 1. The minimum absolute atomic E-state index is 0.0860. The summed E-state index contributed by atoms with van der Waals surface area (Å²) in [5.41, 5.74) is 0.648. The van der Waals surface area contributed by atoms with Crippen LogP contribution >= 0.6 is 11.3 Å². The molecule has 0 bridgehead atoms. The van der Waals surface area contributed by atoms with Crippen LogP contribution in [0, 0.1) is 10.1 Å². The standard InChI is InChI=1S/C18H22N4O3S/c1-21(2)16(17-4-3-9-26-17)11-19-14-8-5-12(10-15(14)22(24)25)18(23)20-13-6-7-13/h3-5,8-10,13,16,19H,6-7,11H2,1-2H3,(H,20,23)/t16-/m0/s1. The second-order valence-electron chi connectivity index (χ2n) is 6.61. The van der Waals surface area contributed by atoms with Gasteiger partial charge in [-0.3, -0.25) is 14.9 Å². The molecule has 0 radical (unpaired) electrons. The van der Waals surface area contributed by atoms with Crippen LogP contribution in [0.2, 0.25) is 0 Å². The number of nitro groups is 1. The van der Waals surface area contributed by atoms with Gasteiger partial charge in [0.25, 0.3) is 11.6 Å². The van der Waals surface area contributed by atoms with Crippen molar-refractivity contribution in [1.82, 2.24) is 10.2 Å². The zero-order valence-corrected chi connectivity index (χ0v) is 15.6. The zero-order chi connectivity index (χ0) is 18.7. The quantitative estimate of drug-likeness (QED) is 0.547. The van der Waals surface area contributed by atoms with Crippen molar-refractivity contribution < 1.29 is 9.72 Å². The minimum Gasteiger partial charge on any atom is -0.378 e. The van der Waals surface area contributed by atoms with E-state index in [1.807, 2.05) is 25.5 Å². The molecule has 1 aromatic heterocycles. The van der Waals surface area contributed by atoms with Gasteiger partial charge in [0.15, 0.2) is 0 Å². The molecule has 1 atom stereocenters. The van der Waals surface area contributed by atoms with Gasteiger partial charge < -0.3 is 15.5 Å². The summed E-state index contributed by atoms with van der Waals surface area (Å²) in [4.78, 5) is 26.4. The molecule has 1 aromatic carbocycles. The van der Waals surface area contributed by atoms with Gasteiger partial charge in [-0.15, -0.1) is 11.3 Å². The van der Waals surface area contributed by atoms with Gasteiger partial charge in [-0.1, -0.05) is 6.07 Å². The number of hydrogen-bond acceptors (Lipinski definition) is 6.